The molecule has 2 heterocycles. The Labute approximate surface area is 113 Å². The van der Waals surface area contributed by atoms with Gasteiger partial charge in [-0.05, 0) is 12.1 Å². The number of hydrogen-bond donors (Lipinski definition) is 1. The second-order valence-corrected chi connectivity index (χ2v) is 4.85. The Balaban J connectivity index is 2.09. The van der Waals surface area contributed by atoms with E-state index in [1.807, 2.05) is 43.6 Å². The van der Waals surface area contributed by atoms with Gasteiger partial charge in [0.15, 0.2) is 5.82 Å². The van der Waals surface area contributed by atoms with Crippen molar-refractivity contribution in [3.05, 3.63) is 47.2 Å². The van der Waals surface area contributed by atoms with Gasteiger partial charge in [0, 0.05) is 40.8 Å². The highest BCUT2D eigenvalue weighted by Crippen LogP contribution is 2.28. The van der Waals surface area contributed by atoms with Crippen molar-refractivity contribution in [3.8, 4) is 0 Å². The molecule has 1 N–H and O–H groups in total. The van der Waals surface area contributed by atoms with Crippen molar-refractivity contribution >= 4 is 38.3 Å². The minimum absolute atomic E-state index is 0.789. The molecule has 0 fully saturated rings. The zero-order valence-electron chi connectivity index (χ0n) is 9.76. The minimum Gasteiger partial charge on any atom is -0.323 e. The molecule has 0 bridgehead atoms. The van der Waals surface area contributed by atoms with Crippen molar-refractivity contribution in [2.45, 2.75) is 0 Å². The summed E-state index contributed by atoms with van der Waals surface area (Å²) in [5.74, 6) is 1.60. The molecule has 1 aromatic carbocycles. The second kappa shape index (κ2) is 4.42. The number of halogens is 1. The monoisotopic (exact) mass is 302 g/mol. The van der Waals surface area contributed by atoms with Crippen LogP contribution in [0, 0.1) is 0 Å². The van der Waals surface area contributed by atoms with Crippen LogP contribution in [0.3, 0.4) is 0 Å². The Morgan fingerprint density at radius 2 is 2.06 bits per heavy atom. The van der Waals surface area contributed by atoms with E-state index in [2.05, 4.69) is 31.3 Å². The Bertz CT molecular complexity index is 705. The lowest BCUT2D eigenvalue weighted by atomic mass is 10.1. The number of anilines is 2. The molecule has 0 atom stereocenters. The van der Waals surface area contributed by atoms with Gasteiger partial charge in [0.05, 0.1) is 0 Å². The zero-order valence-corrected chi connectivity index (χ0v) is 11.3. The molecule has 0 unspecified atom stereocenters. The summed E-state index contributed by atoms with van der Waals surface area (Å²) in [7, 11) is 1.89. The maximum atomic E-state index is 4.37. The summed E-state index contributed by atoms with van der Waals surface area (Å²) in [4.78, 5) is 4.37. The number of nitrogens with zero attached hydrogens (tertiary/aromatic N) is 3. The van der Waals surface area contributed by atoms with E-state index >= 15 is 0 Å². The highest BCUT2D eigenvalue weighted by atomic mass is 79.9. The van der Waals surface area contributed by atoms with Crippen LogP contribution in [0.15, 0.2) is 47.2 Å². The number of benzene rings is 1. The fraction of sp³-hybridized carbons (Fsp3) is 0.0769. The van der Waals surface area contributed by atoms with E-state index < -0.39 is 0 Å². The molecule has 5 heteroatoms. The average Bonchev–Trinajstić information content (AvgIpc) is 2.76. The summed E-state index contributed by atoms with van der Waals surface area (Å²) >= 11 is 3.55. The third-order valence-electron chi connectivity index (χ3n) is 2.71. The molecule has 0 aliphatic rings. The molecular weight excluding hydrogens is 292 g/mol. The second-order valence-electron chi connectivity index (χ2n) is 3.99. The number of aryl methyl sites for hydroxylation is 1. The van der Waals surface area contributed by atoms with Crippen molar-refractivity contribution in [1.29, 1.82) is 0 Å². The van der Waals surface area contributed by atoms with Crippen molar-refractivity contribution in [2.75, 3.05) is 5.32 Å². The van der Waals surface area contributed by atoms with Gasteiger partial charge in [-0.2, -0.15) is 5.10 Å². The molecule has 3 rings (SSSR count). The van der Waals surface area contributed by atoms with Gasteiger partial charge in [0.25, 0.3) is 0 Å². The molecule has 90 valence electrons. The van der Waals surface area contributed by atoms with Crippen LogP contribution in [0.5, 0.6) is 0 Å². The Morgan fingerprint density at radius 1 is 1.17 bits per heavy atom. The lowest BCUT2D eigenvalue weighted by molar-refractivity contribution is 0.771. The first-order valence-electron chi connectivity index (χ1n) is 5.54. The normalized spacial score (nSPS) is 10.8. The SMILES string of the molecule is Cn1ccc(Nc2nccc3c(Br)cccc23)n1. The molecule has 2 aromatic heterocycles. The van der Waals surface area contributed by atoms with Crippen LogP contribution >= 0.6 is 15.9 Å². The van der Waals surface area contributed by atoms with Gasteiger partial charge >= 0.3 is 0 Å². The molecule has 0 radical (unpaired) electrons. The fourth-order valence-electron chi connectivity index (χ4n) is 1.87. The van der Waals surface area contributed by atoms with Crippen LogP contribution in [0.1, 0.15) is 0 Å². The summed E-state index contributed by atoms with van der Waals surface area (Å²) in [6.45, 7) is 0. The van der Waals surface area contributed by atoms with E-state index in [1.54, 1.807) is 10.9 Å². The Morgan fingerprint density at radius 3 is 2.83 bits per heavy atom. The van der Waals surface area contributed by atoms with Gasteiger partial charge in [0.2, 0.25) is 0 Å². The molecule has 0 saturated carbocycles. The zero-order chi connectivity index (χ0) is 12.5. The van der Waals surface area contributed by atoms with Gasteiger partial charge in [-0.25, -0.2) is 4.98 Å². The third-order valence-corrected chi connectivity index (χ3v) is 3.40. The smallest absolute Gasteiger partial charge is 0.153 e. The van der Waals surface area contributed by atoms with Crippen molar-refractivity contribution in [1.82, 2.24) is 14.8 Å². The summed E-state index contributed by atoms with van der Waals surface area (Å²) < 4.78 is 2.81. The molecular formula is C13H11BrN4. The average molecular weight is 303 g/mol. The lowest BCUT2D eigenvalue weighted by Crippen LogP contribution is -1.96. The van der Waals surface area contributed by atoms with Gasteiger partial charge in [-0.15, -0.1) is 0 Å². The topological polar surface area (TPSA) is 42.7 Å². The number of pyridine rings is 1. The van der Waals surface area contributed by atoms with Crippen molar-refractivity contribution in [3.63, 3.8) is 0 Å². The molecule has 3 aromatic rings. The lowest BCUT2D eigenvalue weighted by Gasteiger charge is -2.07. The summed E-state index contributed by atoms with van der Waals surface area (Å²) in [5, 5.41) is 9.72. The fourth-order valence-corrected chi connectivity index (χ4v) is 2.37. The van der Waals surface area contributed by atoms with Crippen LogP contribution in [0.4, 0.5) is 11.6 Å². The summed E-state index contributed by atoms with van der Waals surface area (Å²) in [5.41, 5.74) is 0. The van der Waals surface area contributed by atoms with E-state index in [0.717, 1.165) is 26.9 Å². The first-order valence-corrected chi connectivity index (χ1v) is 6.33. The van der Waals surface area contributed by atoms with Crippen LogP contribution in [-0.4, -0.2) is 14.8 Å². The number of nitrogens with one attached hydrogen (secondary N) is 1. The minimum atomic E-state index is 0.789. The molecule has 0 aliphatic heterocycles. The van der Waals surface area contributed by atoms with E-state index in [9.17, 15) is 0 Å². The van der Waals surface area contributed by atoms with E-state index in [1.165, 1.54) is 0 Å². The molecule has 0 amide bonds. The molecule has 0 aliphatic carbocycles. The maximum Gasteiger partial charge on any atom is 0.153 e. The summed E-state index contributed by atoms with van der Waals surface area (Å²) in [6, 6.07) is 9.96. The van der Waals surface area contributed by atoms with E-state index in [-0.39, 0.29) is 0 Å². The molecule has 4 nitrogen and oxygen atoms in total. The van der Waals surface area contributed by atoms with Gasteiger partial charge in [0.1, 0.15) is 5.82 Å². The van der Waals surface area contributed by atoms with Crippen molar-refractivity contribution < 1.29 is 0 Å². The largest absolute Gasteiger partial charge is 0.323 e. The molecule has 0 spiro atoms. The first kappa shape index (κ1) is 11.2. The first-order chi connectivity index (χ1) is 8.74. The predicted octanol–water partition coefficient (Wildman–Crippen LogP) is 3.47. The van der Waals surface area contributed by atoms with E-state index in [4.69, 9.17) is 0 Å². The summed E-state index contributed by atoms with van der Waals surface area (Å²) in [6.07, 6.45) is 3.68. The predicted molar refractivity (Wildman–Crippen MR) is 75.9 cm³/mol. The van der Waals surface area contributed by atoms with Crippen LogP contribution in [0.2, 0.25) is 0 Å². The van der Waals surface area contributed by atoms with Crippen LogP contribution in [0.25, 0.3) is 10.8 Å². The standard InChI is InChI=1S/C13H11BrN4/c1-18-8-6-12(17-18)16-13-10-3-2-4-11(14)9(10)5-7-15-13/h2-8H,1H3,(H,15,16,17). The molecule has 0 saturated heterocycles. The van der Waals surface area contributed by atoms with Gasteiger partial charge < -0.3 is 5.32 Å². The highest BCUT2D eigenvalue weighted by Gasteiger charge is 2.05. The van der Waals surface area contributed by atoms with Crippen LogP contribution < -0.4 is 5.32 Å². The highest BCUT2D eigenvalue weighted by molar-refractivity contribution is 9.10. The quantitative estimate of drug-likeness (QED) is 0.788. The number of rotatable bonds is 2. The number of fused-ring (bicyclic) bond motifs is 1. The number of aromatic nitrogens is 3. The maximum absolute atomic E-state index is 4.37. The Hall–Kier alpha value is -1.88. The van der Waals surface area contributed by atoms with Gasteiger partial charge in [-0.1, -0.05) is 28.1 Å². The number of hydrogen-bond acceptors (Lipinski definition) is 3. The van der Waals surface area contributed by atoms with Gasteiger partial charge in [-0.3, -0.25) is 4.68 Å². The third kappa shape index (κ3) is 1.97. The van der Waals surface area contributed by atoms with Crippen LogP contribution in [-0.2, 0) is 7.05 Å². The molecule has 18 heavy (non-hydrogen) atoms. The Kier molecular flexibility index (Phi) is 2.76. The van der Waals surface area contributed by atoms with E-state index in [0.29, 0.717) is 0 Å². The van der Waals surface area contributed by atoms with Crippen molar-refractivity contribution in [2.24, 2.45) is 7.05 Å².